The van der Waals surface area contributed by atoms with Crippen LogP contribution in [0.15, 0.2) is 43.0 Å². The molecule has 0 aliphatic carbocycles. The molecule has 0 radical (unpaired) electrons. The van der Waals surface area contributed by atoms with Crippen molar-refractivity contribution in [2.75, 3.05) is 6.54 Å². The van der Waals surface area contributed by atoms with Crippen molar-refractivity contribution in [1.29, 1.82) is 0 Å². The number of hydrogen-bond acceptors (Lipinski definition) is 3. The minimum Gasteiger partial charge on any atom is -0.340 e. The molecule has 0 unspecified atom stereocenters. The normalized spacial score (nSPS) is 18.1. The van der Waals surface area contributed by atoms with Gasteiger partial charge in [-0.1, -0.05) is 0 Å². The van der Waals surface area contributed by atoms with Crippen LogP contribution in [0.4, 0.5) is 0 Å². The van der Waals surface area contributed by atoms with Gasteiger partial charge in [0.15, 0.2) is 0 Å². The lowest BCUT2D eigenvalue weighted by atomic mass is 9.98. The number of pyridine rings is 1. The van der Waals surface area contributed by atoms with E-state index in [9.17, 15) is 4.79 Å². The Morgan fingerprint density at radius 2 is 2.09 bits per heavy atom. The van der Waals surface area contributed by atoms with Gasteiger partial charge in [0.05, 0.1) is 0 Å². The predicted molar refractivity (Wildman–Crippen MR) is 88.8 cm³/mol. The van der Waals surface area contributed by atoms with Gasteiger partial charge in [-0.25, -0.2) is 0 Å². The van der Waals surface area contributed by atoms with E-state index in [4.69, 9.17) is 0 Å². The minimum absolute atomic E-state index is 0.284. The summed E-state index contributed by atoms with van der Waals surface area (Å²) in [6, 6.07) is 6.27. The van der Waals surface area contributed by atoms with Crippen molar-refractivity contribution in [2.24, 2.45) is 0 Å². The number of rotatable bonds is 6. The Bertz CT molecular complexity index is 597. The average Bonchev–Trinajstić information content (AvgIpc) is 3.12. The first-order valence-electron chi connectivity index (χ1n) is 8.49. The van der Waals surface area contributed by atoms with Crippen LogP contribution in [0.1, 0.15) is 37.7 Å². The van der Waals surface area contributed by atoms with E-state index >= 15 is 0 Å². The molecule has 5 heteroatoms. The quantitative estimate of drug-likeness (QED) is 0.824. The number of aryl methyl sites for hydroxylation is 2. The molecule has 122 valence electrons. The first-order valence-corrected chi connectivity index (χ1v) is 8.49. The molecule has 2 aromatic rings. The van der Waals surface area contributed by atoms with Crippen molar-refractivity contribution in [3.05, 3.63) is 48.5 Å². The summed E-state index contributed by atoms with van der Waals surface area (Å²) in [6.45, 7) is 1.78. The van der Waals surface area contributed by atoms with Crippen molar-refractivity contribution in [2.45, 2.75) is 51.1 Å². The van der Waals surface area contributed by atoms with Crippen LogP contribution < -0.4 is 0 Å². The minimum atomic E-state index is 0.284. The smallest absolute Gasteiger partial charge is 0.223 e. The summed E-state index contributed by atoms with van der Waals surface area (Å²) in [5, 5.41) is 4.25. The van der Waals surface area contributed by atoms with Crippen molar-refractivity contribution in [1.82, 2.24) is 19.7 Å². The molecule has 0 N–H and O–H groups in total. The third kappa shape index (κ3) is 4.41. The molecule has 0 aromatic carbocycles. The Hall–Kier alpha value is -2.17. The number of carbonyl (C=O) groups excluding carboxylic acids is 1. The second-order valence-corrected chi connectivity index (χ2v) is 6.15. The van der Waals surface area contributed by atoms with Gasteiger partial charge in [0.2, 0.25) is 5.91 Å². The zero-order chi connectivity index (χ0) is 15.9. The molecule has 1 saturated heterocycles. The monoisotopic (exact) mass is 312 g/mol. The van der Waals surface area contributed by atoms with Crippen LogP contribution in [-0.2, 0) is 17.8 Å². The van der Waals surface area contributed by atoms with Crippen LogP contribution in [0.2, 0.25) is 0 Å². The van der Waals surface area contributed by atoms with E-state index in [0.29, 0.717) is 12.5 Å². The molecule has 1 fully saturated rings. The molecule has 1 amide bonds. The summed E-state index contributed by atoms with van der Waals surface area (Å²) in [5.74, 6) is 0.284. The molecular formula is C18H24N4O. The average molecular weight is 312 g/mol. The van der Waals surface area contributed by atoms with E-state index in [1.165, 1.54) is 12.0 Å². The fourth-order valence-corrected chi connectivity index (χ4v) is 3.29. The predicted octanol–water partition coefficient (Wildman–Crippen LogP) is 2.68. The summed E-state index contributed by atoms with van der Waals surface area (Å²) in [5.41, 5.74) is 1.18. The highest BCUT2D eigenvalue weighted by Crippen LogP contribution is 2.21. The summed E-state index contributed by atoms with van der Waals surface area (Å²) in [6.07, 6.45) is 13.2. The molecular weight excluding hydrogens is 288 g/mol. The Morgan fingerprint density at radius 1 is 1.22 bits per heavy atom. The van der Waals surface area contributed by atoms with Gasteiger partial charge < -0.3 is 4.90 Å². The fraction of sp³-hybridized carbons (Fsp3) is 0.500. The molecule has 3 heterocycles. The number of carbonyl (C=O) groups is 1. The van der Waals surface area contributed by atoms with Crippen molar-refractivity contribution in [3.63, 3.8) is 0 Å². The maximum absolute atomic E-state index is 12.6. The summed E-state index contributed by atoms with van der Waals surface area (Å²) >= 11 is 0. The number of piperidine rings is 1. The number of nitrogens with zero attached hydrogens (tertiary/aromatic N) is 4. The maximum atomic E-state index is 12.6. The standard InChI is InChI=1S/C18H24N4O/c23-18(6-5-16-7-11-19-12-8-16)22-14-2-1-4-17(22)9-15-21-13-3-10-20-21/h3,7-8,10-13,17H,1-2,4-6,9,14-15H2/t17-/m0/s1. The van der Waals surface area contributed by atoms with Crippen molar-refractivity contribution >= 4 is 5.91 Å². The maximum Gasteiger partial charge on any atom is 0.223 e. The zero-order valence-electron chi connectivity index (χ0n) is 13.5. The largest absolute Gasteiger partial charge is 0.340 e. The second kappa shape index (κ2) is 7.90. The number of aromatic nitrogens is 3. The summed E-state index contributed by atoms with van der Waals surface area (Å²) in [7, 11) is 0. The molecule has 3 rings (SSSR count). The first kappa shape index (κ1) is 15.7. The number of likely N-dealkylation sites (tertiary alicyclic amines) is 1. The van der Waals surface area contributed by atoms with Gasteiger partial charge >= 0.3 is 0 Å². The molecule has 1 aliphatic rings. The third-order valence-electron chi connectivity index (χ3n) is 4.57. The van der Waals surface area contributed by atoms with Crippen LogP contribution >= 0.6 is 0 Å². The summed E-state index contributed by atoms with van der Waals surface area (Å²) < 4.78 is 1.95. The molecule has 23 heavy (non-hydrogen) atoms. The molecule has 1 atom stereocenters. The third-order valence-corrected chi connectivity index (χ3v) is 4.57. The van der Waals surface area contributed by atoms with E-state index in [2.05, 4.69) is 15.0 Å². The van der Waals surface area contributed by atoms with Crippen LogP contribution in [0.5, 0.6) is 0 Å². The van der Waals surface area contributed by atoms with Crippen molar-refractivity contribution < 1.29 is 4.79 Å². The molecule has 1 aliphatic heterocycles. The van der Waals surface area contributed by atoms with Crippen LogP contribution in [-0.4, -0.2) is 38.2 Å². The van der Waals surface area contributed by atoms with E-state index in [-0.39, 0.29) is 5.91 Å². The molecule has 0 spiro atoms. The topological polar surface area (TPSA) is 51.0 Å². The van der Waals surface area contributed by atoms with E-state index < -0.39 is 0 Å². The highest BCUT2D eigenvalue weighted by Gasteiger charge is 2.26. The number of hydrogen-bond donors (Lipinski definition) is 0. The van der Waals surface area contributed by atoms with Gasteiger partial charge in [0.1, 0.15) is 0 Å². The lowest BCUT2D eigenvalue weighted by Gasteiger charge is -2.36. The molecule has 2 aromatic heterocycles. The van der Waals surface area contributed by atoms with Gasteiger partial charge in [-0.15, -0.1) is 0 Å². The Balaban J connectivity index is 1.53. The van der Waals surface area contributed by atoms with Crippen LogP contribution in [0, 0.1) is 0 Å². The van der Waals surface area contributed by atoms with Crippen molar-refractivity contribution in [3.8, 4) is 0 Å². The lowest BCUT2D eigenvalue weighted by Crippen LogP contribution is -2.44. The fourth-order valence-electron chi connectivity index (χ4n) is 3.29. The Morgan fingerprint density at radius 3 is 2.87 bits per heavy atom. The van der Waals surface area contributed by atoms with E-state index in [0.717, 1.165) is 38.8 Å². The van der Waals surface area contributed by atoms with Gasteiger partial charge in [0.25, 0.3) is 0 Å². The molecule has 0 bridgehead atoms. The van der Waals surface area contributed by atoms with Crippen LogP contribution in [0.3, 0.4) is 0 Å². The molecule has 0 saturated carbocycles. The van der Waals surface area contributed by atoms with E-state index in [1.54, 1.807) is 18.6 Å². The van der Waals surface area contributed by atoms with Gasteiger partial charge in [-0.3, -0.25) is 14.5 Å². The first-order chi connectivity index (χ1) is 11.3. The Kier molecular flexibility index (Phi) is 5.40. The highest BCUT2D eigenvalue weighted by atomic mass is 16.2. The summed E-state index contributed by atoms with van der Waals surface area (Å²) in [4.78, 5) is 18.8. The van der Waals surface area contributed by atoms with E-state index in [1.807, 2.05) is 29.1 Å². The highest BCUT2D eigenvalue weighted by molar-refractivity contribution is 5.76. The van der Waals surface area contributed by atoms with Gasteiger partial charge in [0, 0.05) is 50.3 Å². The second-order valence-electron chi connectivity index (χ2n) is 6.15. The zero-order valence-corrected chi connectivity index (χ0v) is 13.5. The Labute approximate surface area is 137 Å². The lowest BCUT2D eigenvalue weighted by molar-refractivity contribution is -0.135. The molecule has 5 nitrogen and oxygen atoms in total. The van der Waals surface area contributed by atoms with Gasteiger partial charge in [-0.05, 0) is 55.9 Å². The number of amides is 1. The van der Waals surface area contributed by atoms with Gasteiger partial charge in [-0.2, -0.15) is 5.10 Å². The SMILES string of the molecule is O=C(CCc1ccncc1)N1CCCC[C@H]1CCn1cccn1. The van der Waals surface area contributed by atoms with Crippen LogP contribution in [0.25, 0.3) is 0 Å².